The molecule has 1 atom stereocenters. The van der Waals surface area contributed by atoms with Gasteiger partial charge in [0.15, 0.2) is 0 Å². The lowest BCUT2D eigenvalue weighted by molar-refractivity contribution is -0.117. The Morgan fingerprint density at radius 1 is 1.24 bits per heavy atom. The zero-order chi connectivity index (χ0) is 20.4. The number of aromatic nitrogens is 2. The van der Waals surface area contributed by atoms with E-state index in [0.717, 1.165) is 26.3 Å². The van der Waals surface area contributed by atoms with Crippen LogP contribution in [0.5, 0.6) is 0 Å². The summed E-state index contributed by atoms with van der Waals surface area (Å²) in [7, 11) is 0. The Labute approximate surface area is 181 Å². The van der Waals surface area contributed by atoms with Gasteiger partial charge in [0.2, 0.25) is 16.9 Å². The van der Waals surface area contributed by atoms with Crippen molar-refractivity contribution in [3.8, 4) is 0 Å². The lowest BCUT2D eigenvalue weighted by atomic mass is 10.1. The fourth-order valence-corrected chi connectivity index (χ4v) is 4.43. The molecule has 2 aromatic carbocycles. The van der Waals surface area contributed by atoms with Gasteiger partial charge in [-0.05, 0) is 42.3 Å². The first-order valence-electron chi connectivity index (χ1n) is 9.22. The number of nitrogens with zero attached hydrogens (tertiary/aromatic N) is 3. The van der Waals surface area contributed by atoms with E-state index in [4.69, 9.17) is 0 Å². The van der Waals surface area contributed by atoms with E-state index >= 15 is 0 Å². The molecule has 1 unspecified atom stereocenters. The Kier molecular flexibility index (Phi) is 5.73. The minimum absolute atomic E-state index is 0.0161. The van der Waals surface area contributed by atoms with E-state index in [1.807, 2.05) is 55.5 Å². The lowest BCUT2D eigenvalue weighted by Gasteiger charge is -2.16. The van der Waals surface area contributed by atoms with Gasteiger partial charge < -0.3 is 10.2 Å². The molecule has 0 aliphatic carbocycles. The number of aryl methyl sites for hydroxylation is 1. The van der Waals surface area contributed by atoms with Gasteiger partial charge in [-0.2, -0.15) is 0 Å². The van der Waals surface area contributed by atoms with Gasteiger partial charge in [-0.15, -0.1) is 10.2 Å². The zero-order valence-electron chi connectivity index (χ0n) is 15.8. The maximum absolute atomic E-state index is 12.5. The molecule has 1 N–H and O–H groups in total. The molecule has 0 radical (unpaired) electrons. The second-order valence-corrected chi connectivity index (χ2v) is 8.97. The van der Waals surface area contributed by atoms with E-state index in [0.29, 0.717) is 18.1 Å². The maximum Gasteiger partial charge on any atom is 0.230 e. The minimum atomic E-state index is -0.140. The van der Waals surface area contributed by atoms with E-state index in [9.17, 15) is 9.59 Å². The van der Waals surface area contributed by atoms with Crippen LogP contribution >= 0.6 is 27.3 Å². The summed E-state index contributed by atoms with van der Waals surface area (Å²) >= 11 is 4.72. The van der Waals surface area contributed by atoms with Gasteiger partial charge >= 0.3 is 0 Å². The smallest absolute Gasteiger partial charge is 0.230 e. The van der Waals surface area contributed by atoms with Crippen molar-refractivity contribution in [2.24, 2.45) is 0 Å². The van der Waals surface area contributed by atoms with E-state index in [1.165, 1.54) is 11.3 Å². The lowest BCUT2D eigenvalue weighted by Crippen LogP contribution is -2.24. The topological polar surface area (TPSA) is 75.2 Å². The van der Waals surface area contributed by atoms with Gasteiger partial charge in [-0.1, -0.05) is 51.5 Å². The average molecular weight is 471 g/mol. The Morgan fingerprint density at radius 3 is 2.79 bits per heavy atom. The normalized spacial score (nSPS) is 16.3. The van der Waals surface area contributed by atoms with E-state index in [2.05, 4.69) is 31.4 Å². The summed E-state index contributed by atoms with van der Waals surface area (Å²) in [6.07, 6.45) is 0.667. The van der Waals surface area contributed by atoms with Crippen LogP contribution < -0.4 is 10.2 Å². The first-order chi connectivity index (χ1) is 14.0. The molecule has 3 aromatic rings. The predicted molar refractivity (Wildman–Crippen MR) is 117 cm³/mol. The van der Waals surface area contributed by atoms with E-state index < -0.39 is 0 Å². The van der Waals surface area contributed by atoms with Crippen molar-refractivity contribution in [2.75, 3.05) is 16.8 Å². The average Bonchev–Trinajstić information content (AvgIpc) is 3.30. The third-order valence-corrected chi connectivity index (χ3v) is 6.28. The number of nitrogens with one attached hydrogen (secondary N) is 1. The summed E-state index contributed by atoms with van der Waals surface area (Å²) < 4.78 is 0.973. The van der Waals surface area contributed by atoms with Crippen LogP contribution in [0.4, 0.5) is 10.8 Å². The first kappa shape index (κ1) is 19.7. The molecule has 4 rings (SSSR count). The van der Waals surface area contributed by atoms with E-state index in [-0.39, 0.29) is 24.2 Å². The third-order valence-electron chi connectivity index (χ3n) is 4.75. The molecule has 148 valence electrons. The van der Waals surface area contributed by atoms with Crippen molar-refractivity contribution in [3.05, 3.63) is 69.1 Å². The van der Waals surface area contributed by atoms with Crippen molar-refractivity contribution in [3.63, 3.8) is 0 Å². The van der Waals surface area contributed by atoms with Crippen molar-refractivity contribution in [1.29, 1.82) is 0 Å². The number of carbonyl (C=O) groups is 2. The molecule has 1 aromatic heterocycles. The molecular weight excluding hydrogens is 452 g/mol. The third kappa shape index (κ3) is 4.71. The van der Waals surface area contributed by atoms with Crippen LogP contribution in [0.15, 0.2) is 53.0 Å². The molecule has 6 nitrogen and oxygen atoms in total. The van der Waals surface area contributed by atoms with Crippen LogP contribution in [0.2, 0.25) is 0 Å². The van der Waals surface area contributed by atoms with Gasteiger partial charge in [0.05, 0.1) is 6.42 Å². The summed E-state index contributed by atoms with van der Waals surface area (Å²) in [6.45, 7) is 2.58. The van der Waals surface area contributed by atoms with Gasteiger partial charge in [-0.25, -0.2) is 0 Å². The Morgan fingerprint density at radius 2 is 2.03 bits per heavy atom. The van der Waals surface area contributed by atoms with E-state index in [1.54, 1.807) is 4.90 Å². The Hall–Kier alpha value is -2.58. The standard InChI is InChI=1S/C21H19BrN4O2S/c1-13-3-2-4-17(9-13)26-12-15(11-19(26)28)20-24-25-21(29-20)23-18(27)10-14-5-7-16(22)8-6-14/h2-9,15H,10-12H2,1H3,(H,23,25,27). The Balaban J connectivity index is 1.39. The first-order valence-corrected chi connectivity index (χ1v) is 10.8. The quantitative estimate of drug-likeness (QED) is 0.602. The van der Waals surface area contributed by atoms with Crippen LogP contribution in [-0.4, -0.2) is 28.6 Å². The zero-order valence-corrected chi connectivity index (χ0v) is 18.2. The van der Waals surface area contributed by atoms with Crippen molar-refractivity contribution < 1.29 is 9.59 Å². The summed E-state index contributed by atoms with van der Waals surface area (Å²) in [4.78, 5) is 26.6. The van der Waals surface area contributed by atoms with Gasteiger partial charge in [0.1, 0.15) is 5.01 Å². The highest BCUT2D eigenvalue weighted by Gasteiger charge is 2.34. The van der Waals surface area contributed by atoms with Gasteiger partial charge in [-0.3, -0.25) is 9.59 Å². The number of amides is 2. The largest absolute Gasteiger partial charge is 0.312 e. The molecule has 1 saturated heterocycles. The predicted octanol–water partition coefficient (Wildman–Crippen LogP) is 4.31. The van der Waals surface area contributed by atoms with Gasteiger partial charge in [0.25, 0.3) is 0 Å². The van der Waals surface area contributed by atoms with Crippen molar-refractivity contribution in [2.45, 2.75) is 25.7 Å². The number of hydrogen-bond acceptors (Lipinski definition) is 5. The molecule has 2 amide bonds. The fraction of sp³-hybridized carbons (Fsp3) is 0.238. The summed E-state index contributed by atoms with van der Waals surface area (Å²) in [6, 6.07) is 15.5. The minimum Gasteiger partial charge on any atom is -0.312 e. The van der Waals surface area contributed by atoms with Crippen molar-refractivity contribution in [1.82, 2.24) is 10.2 Å². The van der Waals surface area contributed by atoms with Crippen LogP contribution in [0.25, 0.3) is 0 Å². The molecule has 1 aliphatic rings. The Bertz CT molecular complexity index is 1050. The molecule has 8 heteroatoms. The van der Waals surface area contributed by atoms with Crippen LogP contribution in [0, 0.1) is 6.92 Å². The van der Waals surface area contributed by atoms with Gasteiger partial charge in [0, 0.05) is 29.0 Å². The highest BCUT2D eigenvalue weighted by Crippen LogP contribution is 2.34. The highest BCUT2D eigenvalue weighted by molar-refractivity contribution is 9.10. The molecular formula is C21H19BrN4O2S. The molecule has 0 spiro atoms. The van der Waals surface area contributed by atoms with Crippen LogP contribution in [-0.2, 0) is 16.0 Å². The van der Waals surface area contributed by atoms with Crippen LogP contribution in [0.3, 0.4) is 0 Å². The molecule has 2 heterocycles. The highest BCUT2D eigenvalue weighted by atomic mass is 79.9. The number of rotatable bonds is 5. The fourth-order valence-electron chi connectivity index (χ4n) is 3.32. The monoisotopic (exact) mass is 470 g/mol. The second kappa shape index (κ2) is 8.42. The number of carbonyl (C=O) groups excluding carboxylic acids is 2. The number of anilines is 2. The maximum atomic E-state index is 12.5. The molecule has 29 heavy (non-hydrogen) atoms. The number of hydrogen-bond donors (Lipinski definition) is 1. The molecule has 0 saturated carbocycles. The summed E-state index contributed by atoms with van der Waals surface area (Å²) in [5.41, 5.74) is 2.95. The summed E-state index contributed by atoms with van der Waals surface area (Å²) in [5, 5.41) is 12.3. The van der Waals surface area contributed by atoms with Crippen molar-refractivity contribution >= 4 is 49.9 Å². The number of benzene rings is 2. The molecule has 1 fully saturated rings. The molecule has 1 aliphatic heterocycles. The SMILES string of the molecule is Cc1cccc(N2CC(c3nnc(NC(=O)Cc4ccc(Br)cc4)s3)CC2=O)c1. The molecule has 0 bridgehead atoms. The second-order valence-electron chi connectivity index (χ2n) is 7.04. The van der Waals surface area contributed by atoms with Crippen LogP contribution in [0.1, 0.15) is 28.5 Å². The number of halogens is 1. The summed E-state index contributed by atoms with van der Waals surface area (Å²) in [5.74, 6) is -0.0758.